The number of nitro groups is 1. The highest BCUT2D eigenvalue weighted by molar-refractivity contribution is 6.37. The van der Waals surface area contributed by atoms with E-state index in [4.69, 9.17) is 0 Å². The quantitative estimate of drug-likeness (QED) is 0.161. The second kappa shape index (κ2) is 10.2. The number of fused-ring (bicyclic) bond motifs is 1. The minimum atomic E-state index is -0.448. The van der Waals surface area contributed by atoms with Crippen molar-refractivity contribution in [3.63, 3.8) is 0 Å². The number of rotatable bonds is 7. The fourth-order valence-electron chi connectivity index (χ4n) is 5.21. The van der Waals surface area contributed by atoms with E-state index >= 15 is 0 Å². The minimum Gasteiger partial charge on any atom is -0.354 e. The molecule has 3 aromatic carbocycles. The number of imidazole rings is 1. The number of aromatic amines is 1. The van der Waals surface area contributed by atoms with Crippen molar-refractivity contribution in [1.82, 2.24) is 14.9 Å². The number of anilines is 2. The van der Waals surface area contributed by atoms with Gasteiger partial charge in [-0.3, -0.25) is 19.8 Å². The number of aryl methyl sites for hydroxylation is 1. The molecule has 1 saturated heterocycles. The number of hydrogen-bond donors (Lipinski definition) is 3. The van der Waals surface area contributed by atoms with Crippen molar-refractivity contribution in [2.24, 2.45) is 0 Å². The molecule has 2 aliphatic heterocycles. The van der Waals surface area contributed by atoms with Gasteiger partial charge in [-0.1, -0.05) is 36.4 Å². The van der Waals surface area contributed by atoms with Crippen LogP contribution in [0.3, 0.4) is 0 Å². The number of carbonyl (C=O) groups excluding carboxylic acids is 1. The lowest BCUT2D eigenvalue weighted by Gasteiger charge is -2.17. The van der Waals surface area contributed by atoms with Gasteiger partial charge in [-0.05, 0) is 62.2 Å². The van der Waals surface area contributed by atoms with Crippen molar-refractivity contribution in [2.75, 3.05) is 23.7 Å². The second-order valence-corrected chi connectivity index (χ2v) is 9.94. The third-order valence-electron chi connectivity index (χ3n) is 7.21. The third-order valence-corrected chi connectivity index (χ3v) is 7.21. The standard InChI is InChI=1S/C30H28N6O3/c1-19-31-17-27(32-19)21-8-10-23(11-9-21)33-29(22-6-4-20(5-7-22)18-35-14-2-3-15-35)28-25-16-24(36(38)39)12-13-26(25)34-30(28)37/h4-13,16-17,33H,2-3,14-15,18H2,1H3,(H,31,32)(H,34,37)/b29-28-. The Morgan fingerprint density at radius 1 is 1.05 bits per heavy atom. The summed E-state index contributed by atoms with van der Waals surface area (Å²) in [6.07, 6.45) is 4.33. The SMILES string of the molecule is Cc1nc(-c2ccc(N/C(=C3\C(=O)Nc4ccc([N+](=O)[O-])cc43)c3ccc(CN4CCCC4)cc3)cc2)c[nH]1. The van der Waals surface area contributed by atoms with Crippen LogP contribution in [0, 0.1) is 17.0 Å². The number of likely N-dealkylation sites (tertiary alicyclic amines) is 1. The fraction of sp³-hybridized carbons (Fsp3) is 0.200. The molecule has 0 bridgehead atoms. The van der Waals surface area contributed by atoms with Gasteiger partial charge in [0.15, 0.2) is 0 Å². The molecule has 196 valence electrons. The molecule has 9 nitrogen and oxygen atoms in total. The van der Waals surface area contributed by atoms with E-state index in [1.54, 1.807) is 6.07 Å². The molecule has 1 aromatic heterocycles. The van der Waals surface area contributed by atoms with Gasteiger partial charge in [-0.25, -0.2) is 4.98 Å². The molecule has 4 aromatic rings. The molecule has 0 saturated carbocycles. The Balaban J connectivity index is 1.39. The van der Waals surface area contributed by atoms with Crippen molar-refractivity contribution in [2.45, 2.75) is 26.3 Å². The average molecular weight is 521 g/mol. The molecule has 1 amide bonds. The Morgan fingerprint density at radius 2 is 1.79 bits per heavy atom. The normalized spacial score (nSPS) is 16.2. The zero-order valence-electron chi connectivity index (χ0n) is 21.5. The van der Waals surface area contributed by atoms with Crippen LogP contribution in [0.4, 0.5) is 17.1 Å². The molecule has 0 unspecified atom stereocenters. The molecule has 9 heteroatoms. The first-order chi connectivity index (χ1) is 18.9. The molecule has 2 aliphatic rings. The number of hydrogen-bond acceptors (Lipinski definition) is 6. The first-order valence-electron chi connectivity index (χ1n) is 13.0. The molecule has 3 heterocycles. The maximum Gasteiger partial charge on any atom is 0.270 e. The van der Waals surface area contributed by atoms with E-state index in [0.29, 0.717) is 22.5 Å². The molecule has 0 spiro atoms. The van der Waals surface area contributed by atoms with Crippen LogP contribution in [0.5, 0.6) is 0 Å². The number of nitrogens with zero attached hydrogens (tertiary/aromatic N) is 3. The lowest BCUT2D eigenvalue weighted by Crippen LogP contribution is -2.18. The van der Waals surface area contributed by atoms with Gasteiger partial charge < -0.3 is 15.6 Å². The molecule has 39 heavy (non-hydrogen) atoms. The van der Waals surface area contributed by atoms with Gasteiger partial charge in [0.1, 0.15) is 5.82 Å². The molecule has 0 atom stereocenters. The summed E-state index contributed by atoms with van der Waals surface area (Å²) < 4.78 is 0. The van der Waals surface area contributed by atoms with Gasteiger partial charge in [-0.2, -0.15) is 0 Å². The second-order valence-electron chi connectivity index (χ2n) is 9.94. The number of amides is 1. The molecular weight excluding hydrogens is 492 g/mol. The van der Waals surface area contributed by atoms with Gasteiger partial charge in [0, 0.05) is 47.4 Å². The summed E-state index contributed by atoms with van der Waals surface area (Å²) in [5.41, 5.74) is 6.55. The van der Waals surface area contributed by atoms with Crippen molar-refractivity contribution in [3.05, 3.63) is 106 Å². The fourth-order valence-corrected chi connectivity index (χ4v) is 5.21. The topological polar surface area (TPSA) is 116 Å². The lowest BCUT2D eigenvalue weighted by molar-refractivity contribution is -0.384. The summed E-state index contributed by atoms with van der Waals surface area (Å²) in [7, 11) is 0. The monoisotopic (exact) mass is 520 g/mol. The summed E-state index contributed by atoms with van der Waals surface area (Å²) in [5.74, 6) is 0.533. The van der Waals surface area contributed by atoms with Crippen molar-refractivity contribution in [3.8, 4) is 11.3 Å². The average Bonchev–Trinajstić information content (AvgIpc) is 3.68. The smallest absolute Gasteiger partial charge is 0.270 e. The van der Waals surface area contributed by atoms with Crippen LogP contribution < -0.4 is 10.6 Å². The third kappa shape index (κ3) is 5.04. The summed E-state index contributed by atoms with van der Waals surface area (Å²) in [4.78, 5) is 34.3. The predicted molar refractivity (Wildman–Crippen MR) is 152 cm³/mol. The maximum absolute atomic E-state index is 13.3. The van der Waals surface area contributed by atoms with Crippen LogP contribution in [0.15, 0.2) is 72.9 Å². The summed E-state index contributed by atoms with van der Waals surface area (Å²) in [5, 5.41) is 17.8. The van der Waals surface area contributed by atoms with Gasteiger partial charge in [0.2, 0.25) is 0 Å². The first-order valence-corrected chi connectivity index (χ1v) is 13.0. The molecule has 0 aliphatic carbocycles. The van der Waals surface area contributed by atoms with Crippen LogP contribution in [-0.4, -0.2) is 38.8 Å². The van der Waals surface area contributed by atoms with E-state index in [1.165, 1.54) is 30.5 Å². The molecule has 6 rings (SSSR count). The molecule has 0 radical (unpaired) electrons. The molecular formula is C30H28N6O3. The number of H-pyrrole nitrogens is 1. The summed E-state index contributed by atoms with van der Waals surface area (Å²) in [6.45, 7) is 5.02. The lowest BCUT2D eigenvalue weighted by atomic mass is 9.98. The highest BCUT2D eigenvalue weighted by Gasteiger charge is 2.30. The van der Waals surface area contributed by atoms with E-state index < -0.39 is 4.92 Å². The highest BCUT2D eigenvalue weighted by atomic mass is 16.6. The molecule has 1 fully saturated rings. The predicted octanol–water partition coefficient (Wildman–Crippen LogP) is 5.82. The van der Waals surface area contributed by atoms with Gasteiger partial charge in [0.25, 0.3) is 11.6 Å². The largest absolute Gasteiger partial charge is 0.354 e. The van der Waals surface area contributed by atoms with E-state index in [2.05, 4.69) is 37.6 Å². The van der Waals surface area contributed by atoms with E-state index in [-0.39, 0.29) is 11.6 Å². The van der Waals surface area contributed by atoms with E-state index in [1.807, 2.05) is 49.5 Å². The van der Waals surface area contributed by atoms with E-state index in [0.717, 1.165) is 48.0 Å². The summed E-state index contributed by atoms with van der Waals surface area (Å²) in [6, 6.07) is 20.4. The van der Waals surface area contributed by atoms with Crippen LogP contribution >= 0.6 is 0 Å². The Labute approximate surface area is 225 Å². The van der Waals surface area contributed by atoms with Crippen LogP contribution in [0.2, 0.25) is 0 Å². The zero-order chi connectivity index (χ0) is 26.9. The van der Waals surface area contributed by atoms with Gasteiger partial charge >= 0.3 is 0 Å². The highest BCUT2D eigenvalue weighted by Crippen LogP contribution is 2.39. The Morgan fingerprint density at radius 3 is 2.46 bits per heavy atom. The first kappa shape index (κ1) is 24.6. The van der Waals surface area contributed by atoms with Crippen molar-refractivity contribution < 1.29 is 9.72 Å². The summed E-state index contributed by atoms with van der Waals surface area (Å²) >= 11 is 0. The molecule has 3 N–H and O–H groups in total. The number of nitro benzene ring substituents is 1. The van der Waals surface area contributed by atoms with Crippen molar-refractivity contribution >= 4 is 34.2 Å². The number of benzene rings is 3. The van der Waals surface area contributed by atoms with Crippen molar-refractivity contribution in [1.29, 1.82) is 0 Å². The number of nitrogens with one attached hydrogen (secondary N) is 3. The Bertz CT molecular complexity index is 1580. The van der Waals surface area contributed by atoms with Gasteiger partial charge in [-0.15, -0.1) is 0 Å². The van der Waals surface area contributed by atoms with Crippen LogP contribution in [0.1, 0.15) is 35.4 Å². The Hall–Kier alpha value is -4.76. The Kier molecular flexibility index (Phi) is 6.42. The zero-order valence-corrected chi connectivity index (χ0v) is 21.5. The number of non-ortho nitro benzene ring substituents is 1. The van der Waals surface area contributed by atoms with Crippen LogP contribution in [0.25, 0.3) is 22.5 Å². The maximum atomic E-state index is 13.3. The number of aromatic nitrogens is 2. The number of carbonyl (C=O) groups is 1. The van der Waals surface area contributed by atoms with E-state index in [9.17, 15) is 14.9 Å². The van der Waals surface area contributed by atoms with Crippen LogP contribution in [-0.2, 0) is 11.3 Å². The van der Waals surface area contributed by atoms with Gasteiger partial charge in [0.05, 0.1) is 21.9 Å². The minimum absolute atomic E-state index is 0.0679.